The lowest BCUT2D eigenvalue weighted by Crippen LogP contribution is -2.19. The van der Waals surface area contributed by atoms with Crippen LogP contribution in [-0.4, -0.2) is 23.6 Å². The van der Waals surface area contributed by atoms with Crippen molar-refractivity contribution in [2.75, 3.05) is 18.5 Å². The summed E-state index contributed by atoms with van der Waals surface area (Å²) in [6.07, 6.45) is 3.65. The number of anilines is 1. The summed E-state index contributed by atoms with van der Waals surface area (Å²) >= 11 is 1.69. The first-order valence-electron chi connectivity index (χ1n) is 6.90. The number of nitrogens with one attached hydrogen (secondary N) is 1. The summed E-state index contributed by atoms with van der Waals surface area (Å²) in [5, 5.41) is 6.61. The molecule has 2 aromatic rings. The van der Waals surface area contributed by atoms with Gasteiger partial charge in [-0.15, -0.1) is 11.3 Å². The van der Waals surface area contributed by atoms with Crippen LogP contribution in [0.4, 0.5) is 5.13 Å². The Morgan fingerprint density at radius 2 is 2.05 bits per heavy atom. The predicted molar refractivity (Wildman–Crippen MR) is 85.0 cm³/mol. The Balaban J connectivity index is 1.88. The van der Waals surface area contributed by atoms with E-state index in [1.807, 2.05) is 24.5 Å². The molecule has 0 fully saturated rings. The molecule has 0 saturated heterocycles. The lowest BCUT2D eigenvalue weighted by Gasteiger charge is -2.15. The van der Waals surface area contributed by atoms with Crippen molar-refractivity contribution in [2.24, 2.45) is 5.92 Å². The van der Waals surface area contributed by atoms with Crippen LogP contribution in [0.3, 0.4) is 0 Å². The molecule has 4 nitrogen and oxygen atoms in total. The Kier molecular flexibility index (Phi) is 5.49. The standard InChI is InChI=1S/C15H22N4S/c1-12(2)8-17-9-14-11-20-15(18-14)19(3)10-13-4-6-16-7-5-13/h4-7,11-12,17H,8-10H2,1-3H3. The molecule has 2 rings (SSSR count). The third-order valence-corrected chi connectivity index (χ3v) is 3.90. The van der Waals surface area contributed by atoms with E-state index in [0.29, 0.717) is 5.92 Å². The fourth-order valence-electron chi connectivity index (χ4n) is 1.87. The summed E-state index contributed by atoms with van der Waals surface area (Å²) in [4.78, 5) is 10.9. The second-order valence-electron chi connectivity index (χ2n) is 5.36. The van der Waals surface area contributed by atoms with Gasteiger partial charge in [-0.1, -0.05) is 13.8 Å². The van der Waals surface area contributed by atoms with Gasteiger partial charge in [-0.05, 0) is 30.2 Å². The minimum absolute atomic E-state index is 0.669. The Morgan fingerprint density at radius 1 is 1.30 bits per heavy atom. The molecule has 2 heterocycles. The summed E-state index contributed by atoms with van der Waals surface area (Å²) in [6, 6.07) is 4.07. The fourth-order valence-corrected chi connectivity index (χ4v) is 2.66. The van der Waals surface area contributed by atoms with Crippen molar-refractivity contribution >= 4 is 16.5 Å². The third-order valence-electron chi connectivity index (χ3n) is 2.89. The average Bonchev–Trinajstić information content (AvgIpc) is 2.88. The molecule has 0 unspecified atom stereocenters. The lowest BCUT2D eigenvalue weighted by molar-refractivity contribution is 0.549. The van der Waals surface area contributed by atoms with Crippen LogP contribution in [0.2, 0.25) is 0 Å². The Hall–Kier alpha value is -1.46. The molecule has 108 valence electrons. The number of hydrogen-bond acceptors (Lipinski definition) is 5. The van der Waals surface area contributed by atoms with Crippen LogP contribution in [0.25, 0.3) is 0 Å². The molecular weight excluding hydrogens is 268 g/mol. The van der Waals surface area contributed by atoms with E-state index in [-0.39, 0.29) is 0 Å². The summed E-state index contributed by atoms with van der Waals surface area (Å²) in [6.45, 7) is 7.15. The quantitative estimate of drug-likeness (QED) is 0.851. The summed E-state index contributed by atoms with van der Waals surface area (Å²) < 4.78 is 0. The molecule has 0 spiro atoms. The molecular formula is C15H22N4S. The number of pyridine rings is 1. The smallest absolute Gasteiger partial charge is 0.185 e. The van der Waals surface area contributed by atoms with Crippen molar-refractivity contribution in [3.8, 4) is 0 Å². The fraction of sp³-hybridized carbons (Fsp3) is 0.467. The van der Waals surface area contributed by atoms with E-state index in [1.54, 1.807) is 11.3 Å². The second-order valence-corrected chi connectivity index (χ2v) is 6.19. The number of aromatic nitrogens is 2. The van der Waals surface area contributed by atoms with Crippen molar-refractivity contribution in [3.05, 3.63) is 41.2 Å². The van der Waals surface area contributed by atoms with Crippen molar-refractivity contribution in [1.82, 2.24) is 15.3 Å². The van der Waals surface area contributed by atoms with Gasteiger partial charge in [0.05, 0.1) is 5.69 Å². The molecule has 20 heavy (non-hydrogen) atoms. The van der Waals surface area contributed by atoms with Gasteiger partial charge in [-0.3, -0.25) is 4.98 Å². The van der Waals surface area contributed by atoms with Gasteiger partial charge >= 0.3 is 0 Å². The maximum Gasteiger partial charge on any atom is 0.185 e. The van der Waals surface area contributed by atoms with Crippen LogP contribution >= 0.6 is 11.3 Å². The molecule has 0 aliphatic heterocycles. The molecule has 0 radical (unpaired) electrons. The van der Waals surface area contributed by atoms with Crippen LogP contribution in [0.5, 0.6) is 0 Å². The van der Waals surface area contributed by atoms with E-state index in [2.05, 4.69) is 46.5 Å². The van der Waals surface area contributed by atoms with Gasteiger partial charge in [0.25, 0.3) is 0 Å². The number of nitrogens with zero attached hydrogens (tertiary/aromatic N) is 3. The Bertz CT molecular complexity index is 510. The van der Waals surface area contributed by atoms with Gasteiger partial charge in [0.2, 0.25) is 0 Å². The van der Waals surface area contributed by atoms with Crippen molar-refractivity contribution in [3.63, 3.8) is 0 Å². The van der Waals surface area contributed by atoms with Gasteiger partial charge in [-0.25, -0.2) is 4.98 Å². The first-order valence-corrected chi connectivity index (χ1v) is 7.78. The Morgan fingerprint density at radius 3 is 2.75 bits per heavy atom. The highest BCUT2D eigenvalue weighted by atomic mass is 32.1. The van der Waals surface area contributed by atoms with Gasteiger partial charge in [0, 0.05) is 37.9 Å². The molecule has 1 N–H and O–H groups in total. The van der Waals surface area contributed by atoms with Gasteiger partial charge in [-0.2, -0.15) is 0 Å². The highest BCUT2D eigenvalue weighted by Crippen LogP contribution is 2.20. The number of rotatable bonds is 7. The van der Waals surface area contributed by atoms with Crippen LogP contribution < -0.4 is 10.2 Å². The first-order chi connectivity index (χ1) is 9.65. The summed E-state index contributed by atoms with van der Waals surface area (Å²) in [5.74, 6) is 0.669. The lowest BCUT2D eigenvalue weighted by atomic mass is 10.2. The van der Waals surface area contributed by atoms with Crippen molar-refractivity contribution in [1.29, 1.82) is 0 Å². The monoisotopic (exact) mass is 290 g/mol. The van der Waals surface area contributed by atoms with Crippen molar-refractivity contribution in [2.45, 2.75) is 26.9 Å². The largest absolute Gasteiger partial charge is 0.347 e. The van der Waals surface area contributed by atoms with E-state index in [1.165, 1.54) is 5.56 Å². The zero-order chi connectivity index (χ0) is 14.4. The highest BCUT2D eigenvalue weighted by molar-refractivity contribution is 7.13. The molecule has 0 aromatic carbocycles. The first kappa shape index (κ1) is 14.9. The van der Waals surface area contributed by atoms with E-state index in [9.17, 15) is 0 Å². The number of hydrogen-bond donors (Lipinski definition) is 1. The van der Waals surface area contributed by atoms with Gasteiger partial charge in [0.1, 0.15) is 0 Å². The van der Waals surface area contributed by atoms with E-state index in [0.717, 1.165) is 30.5 Å². The SMILES string of the molecule is CC(C)CNCc1csc(N(C)Cc2ccncc2)n1. The van der Waals surface area contributed by atoms with Crippen molar-refractivity contribution < 1.29 is 0 Å². The average molecular weight is 290 g/mol. The van der Waals surface area contributed by atoms with Crippen LogP contribution in [0, 0.1) is 5.92 Å². The summed E-state index contributed by atoms with van der Waals surface area (Å²) in [5.41, 5.74) is 2.37. The minimum atomic E-state index is 0.669. The van der Waals surface area contributed by atoms with Crippen LogP contribution in [0.15, 0.2) is 29.9 Å². The zero-order valence-corrected chi connectivity index (χ0v) is 13.2. The van der Waals surface area contributed by atoms with Gasteiger partial charge < -0.3 is 10.2 Å². The van der Waals surface area contributed by atoms with E-state index < -0.39 is 0 Å². The molecule has 0 aliphatic rings. The molecule has 0 saturated carbocycles. The van der Waals surface area contributed by atoms with Crippen LogP contribution in [-0.2, 0) is 13.1 Å². The molecule has 0 bridgehead atoms. The summed E-state index contributed by atoms with van der Waals surface area (Å²) in [7, 11) is 2.07. The Labute approximate surface area is 124 Å². The topological polar surface area (TPSA) is 41.0 Å². The number of thiazole rings is 1. The van der Waals surface area contributed by atoms with Gasteiger partial charge in [0.15, 0.2) is 5.13 Å². The zero-order valence-electron chi connectivity index (χ0n) is 12.3. The maximum absolute atomic E-state index is 4.67. The third kappa shape index (κ3) is 4.58. The molecule has 0 atom stereocenters. The molecule has 0 aliphatic carbocycles. The molecule has 5 heteroatoms. The van der Waals surface area contributed by atoms with E-state index in [4.69, 9.17) is 0 Å². The maximum atomic E-state index is 4.67. The minimum Gasteiger partial charge on any atom is -0.347 e. The molecule has 2 aromatic heterocycles. The van der Waals surface area contributed by atoms with E-state index >= 15 is 0 Å². The second kappa shape index (κ2) is 7.36. The van der Waals surface area contributed by atoms with Crippen LogP contribution in [0.1, 0.15) is 25.1 Å². The predicted octanol–water partition coefficient (Wildman–Crippen LogP) is 2.92. The highest BCUT2D eigenvalue weighted by Gasteiger charge is 2.07. The molecule has 0 amide bonds. The normalized spacial score (nSPS) is 11.0.